The highest BCUT2D eigenvalue weighted by atomic mass is 32.1. The van der Waals surface area contributed by atoms with E-state index in [0.29, 0.717) is 17.9 Å². The molecule has 0 fully saturated rings. The van der Waals surface area contributed by atoms with Crippen LogP contribution in [0.5, 0.6) is 0 Å². The number of aryl methyl sites for hydroxylation is 1. The molecule has 142 valence electrons. The van der Waals surface area contributed by atoms with Crippen molar-refractivity contribution in [1.29, 1.82) is 0 Å². The third-order valence-corrected chi connectivity index (χ3v) is 5.48. The number of hydrogen-bond donors (Lipinski definition) is 1. The van der Waals surface area contributed by atoms with Gasteiger partial charge in [0.2, 0.25) is 0 Å². The summed E-state index contributed by atoms with van der Waals surface area (Å²) in [6.45, 7) is 0.407. The van der Waals surface area contributed by atoms with Crippen LogP contribution in [0.2, 0.25) is 0 Å². The maximum Gasteiger partial charge on any atom is 0.269 e. The number of amides is 1. The molecule has 1 aromatic carbocycles. The lowest BCUT2D eigenvalue weighted by molar-refractivity contribution is 0.0942. The molecule has 28 heavy (non-hydrogen) atoms. The van der Waals surface area contributed by atoms with Crippen molar-refractivity contribution in [1.82, 2.24) is 15.1 Å². The zero-order valence-corrected chi connectivity index (χ0v) is 15.9. The van der Waals surface area contributed by atoms with E-state index in [2.05, 4.69) is 10.4 Å². The number of nitrogens with zero attached hydrogens (tertiary/aromatic N) is 2. The third-order valence-electron chi connectivity index (χ3n) is 4.49. The Kier molecular flexibility index (Phi) is 5.08. The summed E-state index contributed by atoms with van der Waals surface area (Å²) in [5.41, 5.74) is 1.81. The highest BCUT2D eigenvalue weighted by Crippen LogP contribution is 2.28. The minimum Gasteiger partial charge on any atom is -0.469 e. The Labute approximate surface area is 165 Å². The summed E-state index contributed by atoms with van der Waals surface area (Å²) in [6.07, 6.45) is 1.63. The lowest BCUT2D eigenvalue weighted by atomic mass is 10.0. The summed E-state index contributed by atoms with van der Waals surface area (Å²) in [5, 5.41) is 9.36. The maximum atomic E-state index is 13.1. The average molecular weight is 395 g/mol. The van der Waals surface area contributed by atoms with Gasteiger partial charge < -0.3 is 9.73 Å². The van der Waals surface area contributed by atoms with Crippen molar-refractivity contribution >= 4 is 17.2 Å². The van der Waals surface area contributed by atoms with Gasteiger partial charge >= 0.3 is 0 Å². The molecule has 1 N–H and O–H groups in total. The van der Waals surface area contributed by atoms with Gasteiger partial charge in [0, 0.05) is 24.0 Å². The third kappa shape index (κ3) is 3.75. The Hall–Kier alpha value is -3.19. The molecule has 5 nitrogen and oxygen atoms in total. The molecule has 0 bridgehead atoms. The number of halogens is 1. The molecule has 4 rings (SSSR count). The van der Waals surface area contributed by atoms with Crippen molar-refractivity contribution in [2.45, 2.75) is 5.92 Å². The van der Waals surface area contributed by atoms with Crippen LogP contribution in [0.4, 0.5) is 4.39 Å². The van der Waals surface area contributed by atoms with Crippen LogP contribution in [0.25, 0.3) is 11.3 Å². The predicted molar refractivity (Wildman–Crippen MR) is 106 cm³/mol. The molecule has 4 aromatic rings. The summed E-state index contributed by atoms with van der Waals surface area (Å²) < 4.78 is 20.2. The molecule has 7 heteroatoms. The van der Waals surface area contributed by atoms with Gasteiger partial charge in [0.05, 0.1) is 17.9 Å². The number of furan rings is 1. The van der Waals surface area contributed by atoms with Crippen LogP contribution in [-0.2, 0) is 7.05 Å². The van der Waals surface area contributed by atoms with Gasteiger partial charge in [-0.2, -0.15) is 5.10 Å². The monoisotopic (exact) mass is 395 g/mol. The highest BCUT2D eigenvalue weighted by Gasteiger charge is 2.21. The Morgan fingerprint density at radius 1 is 1.25 bits per heavy atom. The summed E-state index contributed by atoms with van der Waals surface area (Å²) in [7, 11) is 1.71. The average Bonchev–Trinajstić information content (AvgIpc) is 3.45. The fourth-order valence-corrected chi connectivity index (χ4v) is 3.88. The van der Waals surface area contributed by atoms with Crippen molar-refractivity contribution in [2.75, 3.05) is 6.54 Å². The van der Waals surface area contributed by atoms with Crippen LogP contribution in [0.3, 0.4) is 0 Å². The van der Waals surface area contributed by atoms with Gasteiger partial charge in [-0.1, -0.05) is 6.07 Å². The zero-order chi connectivity index (χ0) is 19.5. The van der Waals surface area contributed by atoms with Crippen molar-refractivity contribution in [3.05, 3.63) is 88.4 Å². The quantitative estimate of drug-likeness (QED) is 0.525. The van der Waals surface area contributed by atoms with Crippen LogP contribution in [-0.4, -0.2) is 22.2 Å². The highest BCUT2D eigenvalue weighted by molar-refractivity contribution is 7.10. The van der Waals surface area contributed by atoms with E-state index in [-0.39, 0.29) is 17.6 Å². The first-order valence-electron chi connectivity index (χ1n) is 8.77. The SMILES string of the molecule is Cn1nc(-c2ccc(F)cc2)cc1C(=O)NCC(c1ccco1)c1cccs1. The number of aromatic nitrogens is 2. The van der Waals surface area contributed by atoms with E-state index in [4.69, 9.17) is 4.42 Å². The number of carbonyl (C=O) groups is 1. The summed E-state index contributed by atoms with van der Waals surface area (Å²) >= 11 is 1.62. The molecular weight excluding hydrogens is 377 g/mol. The van der Waals surface area contributed by atoms with Crippen molar-refractivity contribution in [2.24, 2.45) is 7.05 Å². The summed E-state index contributed by atoms with van der Waals surface area (Å²) in [6, 6.07) is 15.5. The molecule has 0 aliphatic rings. The van der Waals surface area contributed by atoms with Crippen molar-refractivity contribution in [3.63, 3.8) is 0 Å². The topological polar surface area (TPSA) is 60.1 Å². The Balaban J connectivity index is 1.51. The minimum atomic E-state index is -0.310. The standard InChI is InChI=1S/C21H18FN3O2S/c1-25-18(12-17(24-25)14-6-8-15(22)9-7-14)21(26)23-13-16(19-4-2-10-27-19)20-5-3-11-28-20/h2-12,16H,13H2,1H3,(H,23,26). The lowest BCUT2D eigenvalue weighted by Crippen LogP contribution is -2.30. The van der Waals surface area contributed by atoms with Gasteiger partial charge in [-0.05, 0) is 53.9 Å². The maximum absolute atomic E-state index is 13.1. The van der Waals surface area contributed by atoms with Gasteiger partial charge in [-0.3, -0.25) is 9.48 Å². The number of benzene rings is 1. The molecule has 0 saturated heterocycles. The Morgan fingerprint density at radius 2 is 2.07 bits per heavy atom. The molecule has 0 aliphatic heterocycles. The molecule has 3 aromatic heterocycles. The van der Waals surface area contributed by atoms with Gasteiger partial charge in [-0.25, -0.2) is 4.39 Å². The minimum absolute atomic E-state index is 0.0521. The summed E-state index contributed by atoms with van der Waals surface area (Å²) in [4.78, 5) is 13.9. The molecule has 0 saturated carbocycles. The molecule has 0 aliphatic carbocycles. The fourth-order valence-electron chi connectivity index (χ4n) is 3.05. The van der Waals surface area contributed by atoms with Gasteiger partial charge in [0.1, 0.15) is 17.3 Å². The van der Waals surface area contributed by atoms with Crippen LogP contribution in [0.15, 0.2) is 70.7 Å². The van der Waals surface area contributed by atoms with Gasteiger partial charge in [-0.15, -0.1) is 11.3 Å². The first-order valence-corrected chi connectivity index (χ1v) is 9.65. The van der Waals surface area contributed by atoms with Crippen LogP contribution in [0.1, 0.15) is 27.0 Å². The molecule has 0 radical (unpaired) electrons. The van der Waals surface area contributed by atoms with Crippen LogP contribution < -0.4 is 5.32 Å². The molecule has 3 heterocycles. The molecule has 0 spiro atoms. The second kappa shape index (κ2) is 7.82. The van der Waals surface area contributed by atoms with E-state index < -0.39 is 0 Å². The number of hydrogen-bond acceptors (Lipinski definition) is 4. The molecule has 1 amide bonds. The zero-order valence-electron chi connectivity index (χ0n) is 15.1. The number of carbonyl (C=O) groups excluding carboxylic acids is 1. The second-order valence-electron chi connectivity index (χ2n) is 6.34. The molecular formula is C21H18FN3O2S. The van der Waals surface area contributed by atoms with Crippen LogP contribution >= 0.6 is 11.3 Å². The largest absolute Gasteiger partial charge is 0.469 e. The number of rotatable bonds is 6. The van der Waals surface area contributed by atoms with Gasteiger partial charge in [0.15, 0.2) is 0 Å². The van der Waals surface area contributed by atoms with E-state index in [1.54, 1.807) is 42.8 Å². The Bertz CT molecular complexity index is 1020. The Morgan fingerprint density at radius 3 is 2.75 bits per heavy atom. The normalized spacial score (nSPS) is 12.1. The molecule has 1 atom stereocenters. The summed E-state index contributed by atoms with van der Waals surface area (Å²) in [5.74, 6) is 0.218. The smallest absolute Gasteiger partial charge is 0.269 e. The molecule has 1 unspecified atom stereocenters. The lowest BCUT2D eigenvalue weighted by Gasteiger charge is -2.14. The predicted octanol–water partition coefficient (Wildman–Crippen LogP) is 4.44. The first-order chi connectivity index (χ1) is 13.6. The van der Waals surface area contributed by atoms with Gasteiger partial charge in [0.25, 0.3) is 5.91 Å². The van der Waals surface area contributed by atoms with Crippen molar-refractivity contribution in [3.8, 4) is 11.3 Å². The van der Waals surface area contributed by atoms with Crippen molar-refractivity contribution < 1.29 is 13.6 Å². The first kappa shape index (κ1) is 18.2. The second-order valence-corrected chi connectivity index (χ2v) is 7.32. The number of nitrogens with one attached hydrogen (secondary N) is 1. The van der Waals surface area contributed by atoms with Crippen LogP contribution in [0, 0.1) is 5.82 Å². The van der Waals surface area contributed by atoms with E-state index in [0.717, 1.165) is 16.2 Å². The van der Waals surface area contributed by atoms with E-state index in [1.165, 1.54) is 16.8 Å². The number of thiophene rings is 1. The van der Waals surface area contributed by atoms with E-state index in [1.807, 2.05) is 29.6 Å². The van der Waals surface area contributed by atoms with E-state index >= 15 is 0 Å². The van der Waals surface area contributed by atoms with E-state index in [9.17, 15) is 9.18 Å². The fraction of sp³-hybridized carbons (Fsp3) is 0.143.